The number of anilines is 1. The Morgan fingerprint density at radius 1 is 1.00 bits per heavy atom. The summed E-state index contributed by atoms with van der Waals surface area (Å²) in [5.74, 6) is -0.835. The van der Waals surface area contributed by atoms with Gasteiger partial charge in [-0.25, -0.2) is 9.18 Å². The van der Waals surface area contributed by atoms with E-state index in [1.165, 1.54) is 13.2 Å². The minimum absolute atomic E-state index is 0.0108. The average molecular weight is 739 g/mol. The van der Waals surface area contributed by atoms with Crippen LogP contribution >= 0.6 is 0 Å². The smallest absolute Gasteiger partial charge is 0.417 e. The average Bonchev–Trinajstić information content (AvgIpc) is 3.69. The van der Waals surface area contributed by atoms with Gasteiger partial charge in [0.2, 0.25) is 0 Å². The van der Waals surface area contributed by atoms with Crippen molar-refractivity contribution in [3.8, 4) is 22.9 Å². The van der Waals surface area contributed by atoms with E-state index in [1.54, 1.807) is 56.0 Å². The van der Waals surface area contributed by atoms with E-state index in [9.17, 15) is 4.79 Å². The monoisotopic (exact) mass is 738 g/mol. The molecule has 0 N–H and O–H groups in total. The van der Waals surface area contributed by atoms with E-state index in [-0.39, 0.29) is 83.6 Å². The fourth-order valence-electron chi connectivity index (χ4n) is 8.80. The summed E-state index contributed by atoms with van der Waals surface area (Å²) in [5, 5.41) is 0.848. The maximum absolute atomic E-state index is 17.3. The molecule has 10 nitrogen and oxygen atoms in total. The first-order valence-electron chi connectivity index (χ1n) is 17.8. The zero-order chi connectivity index (χ0) is 37.5. The molecule has 282 valence electrons. The third kappa shape index (κ3) is 6.47. The predicted octanol–water partition coefficient (Wildman–Crippen LogP) is 8.13. The maximum Gasteiger partial charge on any atom is 0.417 e. The molecular formula is C39H42F4N4O6. The number of alkyl halides is 3. The molecule has 14 heteroatoms. The van der Waals surface area contributed by atoms with Gasteiger partial charge in [-0.05, 0) is 87.9 Å². The summed E-state index contributed by atoms with van der Waals surface area (Å²) >= 11 is 0. The number of piperazine rings is 1. The third-order valence-electron chi connectivity index (χ3n) is 10.8. The molecule has 4 aliphatic heterocycles. The molecule has 4 aromatic rings. The van der Waals surface area contributed by atoms with E-state index in [1.807, 2.05) is 11.8 Å². The summed E-state index contributed by atoms with van der Waals surface area (Å²) in [6.07, 6.45) is -2.47. The number of hydrogen-bond donors (Lipinski definition) is 0. The fraction of sp³-hybridized carbons (Fsp3) is 0.513. The van der Waals surface area contributed by atoms with Crippen LogP contribution in [-0.4, -0.2) is 84.5 Å². The number of ether oxygens (including phenoxy) is 5. The van der Waals surface area contributed by atoms with Crippen LogP contribution < -0.4 is 14.4 Å². The van der Waals surface area contributed by atoms with Gasteiger partial charge in [0.15, 0.2) is 12.6 Å². The number of carbonyl (C=O) groups excluding carboxylic acids is 1. The number of carbonyl (C=O) groups is 1. The second-order valence-corrected chi connectivity index (χ2v) is 16.1. The van der Waals surface area contributed by atoms with Gasteiger partial charge in [-0.15, -0.1) is 0 Å². The molecule has 0 spiro atoms. The van der Waals surface area contributed by atoms with Gasteiger partial charge in [0.05, 0.1) is 36.5 Å². The largest absolute Gasteiger partial charge is 0.468 e. The van der Waals surface area contributed by atoms with E-state index < -0.39 is 34.8 Å². The van der Waals surface area contributed by atoms with E-state index >= 15 is 17.6 Å². The zero-order valence-electron chi connectivity index (χ0n) is 30.3. The van der Waals surface area contributed by atoms with Crippen molar-refractivity contribution < 1.29 is 46.0 Å². The molecule has 5 aliphatic rings. The second-order valence-electron chi connectivity index (χ2n) is 16.1. The van der Waals surface area contributed by atoms with Crippen LogP contribution in [0.4, 0.5) is 28.2 Å². The summed E-state index contributed by atoms with van der Waals surface area (Å²) in [6.45, 7) is 8.50. The van der Waals surface area contributed by atoms with Gasteiger partial charge in [-0.2, -0.15) is 23.1 Å². The van der Waals surface area contributed by atoms with Gasteiger partial charge in [-0.3, -0.25) is 4.90 Å². The minimum atomic E-state index is -4.96. The Labute approximate surface area is 304 Å². The summed E-state index contributed by atoms with van der Waals surface area (Å²) in [7, 11) is 1.43. The van der Waals surface area contributed by atoms with Crippen LogP contribution in [0.3, 0.4) is 0 Å². The fourth-order valence-corrected chi connectivity index (χ4v) is 8.80. The molecule has 1 saturated carbocycles. The van der Waals surface area contributed by atoms with E-state index in [2.05, 4.69) is 4.98 Å². The summed E-state index contributed by atoms with van der Waals surface area (Å²) in [6, 6.07) is 10.1. The Kier molecular flexibility index (Phi) is 8.45. The summed E-state index contributed by atoms with van der Waals surface area (Å²) < 4.78 is 91.5. The van der Waals surface area contributed by atoms with E-state index in [4.69, 9.17) is 28.7 Å². The van der Waals surface area contributed by atoms with Gasteiger partial charge in [-0.1, -0.05) is 24.3 Å². The number of fused-ring (bicyclic) bond motifs is 5. The Balaban J connectivity index is 1.28. The molecule has 0 radical (unpaired) electrons. The van der Waals surface area contributed by atoms with Crippen LogP contribution in [0.15, 0.2) is 42.5 Å². The molecule has 1 aliphatic carbocycles. The van der Waals surface area contributed by atoms with Gasteiger partial charge >= 0.3 is 18.3 Å². The standard InChI is InChI=1S/C39H42F4N4O6/c1-36(2,3)53-35(48)47-23-10-11-24(47)16-46(15-23)33-28-14-29(39(41,42)43)30(27-13-25(51-21-49-5)12-22-8-6-7-9-26(22)27)31(40)32(28)44-34(45-33)50-19-38-17-37(4,18-38)52-20-38/h6-9,12-14,23-24H,10-11,15-21H2,1-5H3. The zero-order valence-corrected chi connectivity index (χ0v) is 30.3. The van der Waals surface area contributed by atoms with Crippen LogP contribution in [0.1, 0.15) is 58.9 Å². The second kappa shape index (κ2) is 12.6. The van der Waals surface area contributed by atoms with E-state index in [0.29, 0.717) is 30.2 Å². The lowest BCUT2D eigenvalue weighted by atomic mass is 9.64. The number of halogens is 4. The SMILES string of the molecule is COCOc1cc(-c2c(C(F)(F)F)cc3c(N4CC5CCC(C4)N5C(=O)OC(C)(C)C)nc(OCC45COC(C)(C4)C5)nc3c2F)c2ccccc2c1. The molecular weight excluding hydrogens is 696 g/mol. The van der Waals surface area contributed by atoms with Crippen molar-refractivity contribution in [2.75, 3.05) is 45.1 Å². The number of nitrogens with zero attached hydrogens (tertiary/aromatic N) is 4. The molecule has 1 amide bonds. The first kappa shape index (κ1) is 35.6. The topological polar surface area (TPSA) is 95.5 Å². The van der Waals surface area contributed by atoms with Gasteiger partial charge in [0.1, 0.15) is 22.7 Å². The van der Waals surface area contributed by atoms with Crippen molar-refractivity contribution in [3.05, 3.63) is 53.8 Å². The summed E-state index contributed by atoms with van der Waals surface area (Å²) in [4.78, 5) is 26.0. The van der Waals surface area contributed by atoms with Crippen molar-refractivity contribution in [1.82, 2.24) is 14.9 Å². The van der Waals surface area contributed by atoms with Crippen molar-refractivity contribution >= 4 is 33.6 Å². The van der Waals surface area contributed by atoms with Crippen LogP contribution in [0, 0.1) is 11.2 Å². The lowest BCUT2D eigenvalue weighted by molar-refractivity contribution is -0.137. The van der Waals surface area contributed by atoms with Crippen LogP contribution in [0.2, 0.25) is 0 Å². The highest BCUT2D eigenvalue weighted by Gasteiger charge is 2.60. The number of amides is 1. The molecule has 4 saturated heterocycles. The molecule has 53 heavy (non-hydrogen) atoms. The van der Waals surface area contributed by atoms with Crippen molar-refractivity contribution in [2.45, 2.75) is 82.8 Å². The number of aromatic nitrogens is 2. The molecule has 3 aromatic carbocycles. The normalized spacial score (nSPS) is 25.2. The first-order chi connectivity index (χ1) is 25.1. The number of benzene rings is 3. The minimum Gasteiger partial charge on any atom is -0.468 e. The lowest BCUT2D eigenvalue weighted by Gasteiger charge is -2.42. The van der Waals surface area contributed by atoms with Crippen LogP contribution in [0.5, 0.6) is 11.8 Å². The molecule has 4 bridgehead atoms. The highest BCUT2D eigenvalue weighted by atomic mass is 19.4. The molecule has 1 aromatic heterocycles. The number of methoxy groups -OCH3 is 1. The van der Waals surface area contributed by atoms with Gasteiger partial charge < -0.3 is 28.6 Å². The first-order valence-corrected chi connectivity index (χ1v) is 17.8. The maximum atomic E-state index is 17.3. The van der Waals surface area contributed by atoms with Crippen LogP contribution in [0.25, 0.3) is 32.8 Å². The quantitative estimate of drug-likeness (QED) is 0.131. The van der Waals surface area contributed by atoms with Gasteiger partial charge in [0, 0.05) is 36.6 Å². The molecule has 9 rings (SSSR count). The van der Waals surface area contributed by atoms with Crippen molar-refractivity contribution in [2.24, 2.45) is 5.41 Å². The van der Waals surface area contributed by atoms with Gasteiger partial charge in [0.25, 0.3) is 0 Å². The van der Waals surface area contributed by atoms with Crippen molar-refractivity contribution in [1.29, 1.82) is 0 Å². The highest BCUT2D eigenvalue weighted by molar-refractivity contribution is 6.02. The Morgan fingerprint density at radius 3 is 2.36 bits per heavy atom. The predicted molar refractivity (Wildman–Crippen MR) is 189 cm³/mol. The highest BCUT2D eigenvalue weighted by Crippen LogP contribution is 2.57. The lowest BCUT2D eigenvalue weighted by Crippen LogP contribution is -2.57. The molecule has 5 heterocycles. The number of rotatable bonds is 8. The molecule has 5 fully saturated rings. The van der Waals surface area contributed by atoms with Crippen molar-refractivity contribution in [3.63, 3.8) is 0 Å². The third-order valence-corrected chi connectivity index (χ3v) is 10.8. The summed E-state index contributed by atoms with van der Waals surface area (Å²) in [5.41, 5.74) is -3.30. The van der Waals surface area contributed by atoms with Crippen LogP contribution in [-0.2, 0) is 20.4 Å². The Morgan fingerprint density at radius 2 is 1.72 bits per heavy atom. The number of hydrogen-bond acceptors (Lipinski definition) is 9. The Hall–Kier alpha value is -4.43. The molecule has 2 unspecified atom stereocenters. The molecule has 2 atom stereocenters. The Bertz CT molecular complexity index is 2080. The van der Waals surface area contributed by atoms with E-state index in [0.717, 1.165) is 18.9 Å².